The van der Waals surface area contributed by atoms with Crippen LogP contribution in [0.15, 0.2) is 22.6 Å². The standard InChI is InChI=1S/C17H19N3O6/c1-17(2,3)26-16(24)19-6-7-20(13(21)9-19)15-18-11-8-10(14(22)23)4-5-12(11)25-15/h4-5,8H,6-7,9H2,1-3H3,(H,22,23). The van der Waals surface area contributed by atoms with Crippen molar-refractivity contribution in [1.29, 1.82) is 0 Å². The molecule has 9 heteroatoms. The number of amides is 2. The minimum Gasteiger partial charge on any atom is -0.478 e. The molecule has 2 heterocycles. The number of ether oxygens (including phenoxy) is 1. The third-order valence-corrected chi connectivity index (χ3v) is 3.73. The molecule has 2 aromatic rings. The molecule has 1 N–H and O–H groups in total. The molecule has 26 heavy (non-hydrogen) atoms. The summed E-state index contributed by atoms with van der Waals surface area (Å²) >= 11 is 0. The number of rotatable bonds is 2. The third kappa shape index (κ3) is 3.61. The lowest BCUT2D eigenvalue weighted by Gasteiger charge is -2.33. The van der Waals surface area contributed by atoms with E-state index in [0.717, 1.165) is 0 Å². The van der Waals surface area contributed by atoms with Gasteiger partial charge in [0.25, 0.3) is 0 Å². The number of carboxylic acids is 1. The number of oxazole rings is 1. The van der Waals surface area contributed by atoms with Gasteiger partial charge in [0.15, 0.2) is 5.58 Å². The number of carbonyl (C=O) groups excluding carboxylic acids is 2. The minimum absolute atomic E-state index is 0.0800. The molecule has 138 valence electrons. The molecule has 1 aromatic carbocycles. The molecule has 1 fully saturated rings. The quantitative estimate of drug-likeness (QED) is 0.871. The fourth-order valence-corrected chi connectivity index (χ4v) is 2.52. The Kier molecular flexibility index (Phi) is 4.31. The first-order chi connectivity index (χ1) is 12.1. The molecule has 1 saturated heterocycles. The lowest BCUT2D eigenvalue weighted by molar-refractivity contribution is -0.121. The highest BCUT2D eigenvalue weighted by molar-refractivity contribution is 5.97. The van der Waals surface area contributed by atoms with Crippen LogP contribution in [0.3, 0.4) is 0 Å². The summed E-state index contributed by atoms with van der Waals surface area (Å²) in [6, 6.07) is 4.36. The number of fused-ring (bicyclic) bond motifs is 1. The van der Waals surface area contributed by atoms with Crippen molar-refractivity contribution in [3.63, 3.8) is 0 Å². The Bertz CT molecular complexity index is 882. The maximum absolute atomic E-state index is 12.4. The van der Waals surface area contributed by atoms with Crippen molar-refractivity contribution < 1.29 is 28.6 Å². The van der Waals surface area contributed by atoms with E-state index in [1.165, 1.54) is 28.0 Å². The number of carbonyl (C=O) groups is 3. The van der Waals surface area contributed by atoms with Gasteiger partial charge in [-0.05, 0) is 39.0 Å². The summed E-state index contributed by atoms with van der Waals surface area (Å²) < 4.78 is 10.8. The molecule has 2 amide bonds. The second kappa shape index (κ2) is 6.32. The van der Waals surface area contributed by atoms with Crippen LogP contribution in [0.1, 0.15) is 31.1 Å². The molecule has 1 aliphatic heterocycles. The Morgan fingerprint density at radius 2 is 2.00 bits per heavy atom. The van der Waals surface area contributed by atoms with Crippen LogP contribution in [-0.4, -0.2) is 58.2 Å². The van der Waals surface area contributed by atoms with E-state index in [9.17, 15) is 14.4 Å². The Morgan fingerprint density at radius 3 is 2.62 bits per heavy atom. The van der Waals surface area contributed by atoms with Crippen LogP contribution in [0.2, 0.25) is 0 Å². The molecular weight excluding hydrogens is 342 g/mol. The van der Waals surface area contributed by atoms with Crippen molar-refractivity contribution in [2.45, 2.75) is 26.4 Å². The van der Waals surface area contributed by atoms with E-state index >= 15 is 0 Å². The highest BCUT2D eigenvalue weighted by Gasteiger charge is 2.33. The first-order valence-corrected chi connectivity index (χ1v) is 8.06. The van der Waals surface area contributed by atoms with Gasteiger partial charge in [0.1, 0.15) is 17.7 Å². The number of anilines is 1. The number of hydrogen-bond acceptors (Lipinski definition) is 6. The average Bonchev–Trinajstić information content (AvgIpc) is 2.95. The van der Waals surface area contributed by atoms with Crippen LogP contribution in [0.25, 0.3) is 11.1 Å². The minimum atomic E-state index is -1.07. The van der Waals surface area contributed by atoms with Crippen LogP contribution < -0.4 is 4.90 Å². The monoisotopic (exact) mass is 361 g/mol. The number of piperazine rings is 1. The van der Waals surface area contributed by atoms with Crippen molar-refractivity contribution in [3.8, 4) is 0 Å². The molecule has 0 unspecified atom stereocenters. The summed E-state index contributed by atoms with van der Waals surface area (Å²) in [4.78, 5) is 42.4. The molecule has 0 saturated carbocycles. The molecule has 1 aromatic heterocycles. The number of hydrogen-bond donors (Lipinski definition) is 1. The topological polar surface area (TPSA) is 113 Å². The Labute approximate surface area is 149 Å². The summed E-state index contributed by atoms with van der Waals surface area (Å²) in [5, 5.41) is 9.03. The van der Waals surface area contributed by atoms with Gasteiger partial charge in [-0.1, -0.05) is 0 Å². The Morgan fingerprint density at radius 1 is 1.27 bits per heavy atom. The van der Waals surface area contributed by atoms with Crippen molar-refractivity contribution >= 4 is 35.1 Å². The highest BCUT2D eigenvalue weighted by atomic mass is 16.6. The molecule has 0 atom stereocenters. The zero-order valence-electron chi connectivity index (χ0n) is 14.7. The van der Waals surface area contributed by atoms with Gasteiger partial charge in [-0.25, -0.2) is 9.59 Å². The molecular formula is C17H19N3O6. The number of nitrogens with zero attached hydrogens (tertiary/aromatic N) is 3. The van der Waals surface area contributed by atoms with Gasteiger partial charge in [-0.15, -0.1) is 0 Å². The third-order valence-electron chi connectivity index (χ3n) is 3.73. The van der Waals surface area contributed by atoms with E-state index in [2.05, 4.69) is 4.98 Å². The second-order valence-electron chi connectivity index (χ2n) is 6.93. The highest BCUT2D eigenvalue weighted by Crippen LogP contribution is 2.24. The van der Waals surface area contributed by atoms with Crippen LogP contribution in [0.4, 0.5) is 10.8 Å². The SMILES string of the molecule is CC(C)(C)OC(=O)N1CCN(c2nc3cc(C(=O)O)ccc3o2)C(=O)C1. The van der Waals surface area contributed by atoms with Gasteiger partial charge in [0, 0.05) is 13.1 Å². The maximum atomic E-state index is 12.4. The molecule has 3 rings (SSSR count). The fourth-order valence-electron chi connectivity index (χ4n) is 2.52. The largest absolute Gasteiger partial charge is 0.478 e. The van der Waals surface area contributed by atoms with Crippen molar-refractivity contribution in [2.24, 2.45) is 0 Å². The van der Waals surface area contributed by atoms with Gasteiger partial charge >= 0.3 is 18.1 Å². The first kappa shape index (κ1) is 17.7. The van der Waals surface area contributed by atoms with Crippen molar-refractivity contribution in [3.05, 3.63) is 23.8 Å². The van der Waals surface area contributed by atoms with Crippen LogP contribution in [0.5, 0.6) is 0 Å². The lowest BCUT2D eigenvalue weighted by atomic mass is 10.2. The average molecular weight is 361 g/mol. The number of benzene rings is 1. The summed E-state index contributed by atoms with van der Waals surface area (Å²) in [5.41, 5.74) is 0.174. The van der Waals surface area contributed by atoms with Crippen LogP contribution in [-0.2, 0) is 9.53 Å². The molecule has 0 radical (unpaired) electrons. The summed E-state index contributed by atoms with van der Waals surface area (Å²) in [6.07, 6.45) is -0.547. The van der Waals surface area contributed by atoms with E-state index in [1.54, 1.807) is 20.8 Å². The normalized spacial score (nSPS) is 15.4. The predicted octanol–water partition coefficient (Wildman–Crippen LogP) is 2.11. The van der Waals surface area contributed by atoms with Crippen molar-refractivity contribution in [1.82, 2.24) is 9.88 Å². The molecule has 0 aliphatic carbocycles. The summed E-state index contributed by atoms with van der Waals surface area (Å²) in [6.45, 7) is 5.61. The van der Waals surface area contributed by atoms with E-state index in [1.807, 2.05) is 0 Å². The molecule has 1 aliphatic rings. The van der Waals surface area contributed by atoms with Gasteiger partial charge in [0.05, 0.1) is 5.56 Å². The molecule has 0 bridgehead atoms. The zero-order chi connectivity index (χ0) is 19.1. The van der Waals surface area contributed by atoms with E-state index in [4.69, 9.17) is 14.3 Å². The maximum Gasteiger partial charge on any atom is 0.410 e. The Hall–Kier alpha value is -3.10. The number of carboxylic acid groups (broad SMARTS) is 1. The second-order valence-corrected chi connectivity index (χ2v) is 6.93. The number of aromatic nitrogens is 1. The van der Waals surface area contributed by atoms with E-state index in [-0.39, 0.29) is 37.1 Å². The predicted molar refractivity (Wildman–Crippen MR) is 91.1 cm³/mol. The summed E-state index contributed by atoms with van der Waals surface area (Å²) in [5.74, 6) is -1.43. The zero-order valence-corrected chi connectivity index (χ0v) is 14.7. The first-order valence-electron chi connectivity index (χ1n) is 8.06. The van der Waals surface area contributed by atoms with Crippen LogP contribution in [0, 0.1) is 0 Å². The van der Waals surface area contributed by atoms with Crippen molar-refractivity contribution in [2.75, 3.05) is 24.5 Å². The smallest absolute Gasteiger partial charge is 0.410 e. The van der Waals surface area contributed by atoms with Gasteiger partial charge in [-0.2, -0.15) is 4.98 Å². The summed E-state index contributed by atoms with van der Waals surface area (Å²) in [7, 11) is 0. The van der Waals surface area contributed by atoms with E-state index in [0.29, 0.717) is 11.1 Å². The Balaban J connectivity index is 1.75. The van der Waals surface area contributed by atoms with E-state index < -0.39 is 17.7 Å². The van der Waals surface area contributed by atoms with Gasteiger partial charge < -0.3 is 14.3 Å². The lowest BCUT2D eigenvalue weighted by Crippen LogP contribution is -2.53. The molecule has 0 spiro atoms. The van der Waals surface area contributed by atoms with Gasteiger partial charge in [0.2, 0.25) is 5.91 Å². The number of aromatic carboxylic acids is 1. The van der Waals surface area contributed by atoms with Crippen LogP contribution >= 0.6 is 0 Å². The molecule has 9 nitrogen and oxygen atoms in total. The van der Waals surface area contributed by atoms with Gasteiger partial charge in [-0.3, -0.25) is 14.6 Å². The fraction of sp³-hybridized carbons (Fsp3) is 0.412.